The Morgan fingerprint density at radius 2 is 1.94 bits per heavy atom. The molecule has 0 radical (unpaired) electrons. The summed E-state index contributed by atoms with van der Waals surface area (Å²) in [5.41, 5.74) is 1.29. The molecule has 33 heavy (non-hydrogen) atoms. The largest absolute Gasteiger partial charge is 0.495 e. The highest BCUT2D eigenvalue weighted by Crippen LogP contribution is 2.40. The molecule has 0 unspecified atom stereocenters. The normalized spacial score (nSPS) is 17.9. The SMILES string of the molecule is COc1cc(C=Cc2nc3n(n2)CCC[C@]3(F)c2ccc(F)cc2)ccc1-n1cnc(C)c1. The molecular weight excluding hydrogens is 424 g/mol. The van der Waals surface area contributed by atoms with Gasteiger partial charge in [0.2, 0.25) is 0 Å². The molecule has 0 saturated carbocycles. The molecule has 168 valence electrons. The van der Waals surface area contributed by atoms with E-state index in [0.29, 0.717) is 30.1 Å². The quantitative estimate of drug-likeness (QED) is 0.427. The van der Waals surface area contributed by atoms with Crippen LogP contribution in [0.4, 0.5) is 8.78 Å². The van der Waals surface area contributed by atoms with Crippen molar-refractivity contribution in [3.8, 4) is 11.4 Å². The molecule has 3 heterocycles. The summed E-state index contributed by atoms with van der Waals surface area (Å²) in [6.45, 7) is 2.52. The second-order valence-electron chi connectivity index (χ2n) is 8.12. The lowest BCUT2D eigenvalue weighted by molar-refractivity contribution is 0.152. The minimum atomic E-state index is -1.79. The van der Waals surface area contributed by atoms with Crippen LogP contribution in [-0.4, -0.2) is 31.4 Å². The highest BCUT2D eigenvalue weighted by atomic mass is 19.1. The van der Waals surface area contributed by atoms with Crippen LogP contribution < -0.4 is 4.74 Å². The van der Waals surface area contributed by atoms with E-state index in [4.69, 9.17) is 4.74 Å². The molecule has 8 heteroatoms. The molecule has 5 rings (SSSR count). The average Bonchev–Trinajstić information content (AvgIpc) is 3.45. The summed E-state index contributed by atoms with van der Waals surface area (Å²) in [6.07, 6.45) is 8.20. The second kappa shape index (κ2) is 8.27. The second-order valence-corrected chi connectivity index (χ2v) is 8.12. The summed E-state index contributed by atoms with van der Waals surface area (Å²) in [7, 11) is 1.62. The Bertz CT molecular complexity index is 1330. The first kappa shape index (κ1) is 21.1. The highest BCUT2D eigenvalue weighted by Gasteiger charge is 2.41. The molecule has 0 aliphatic carbocycles. The van der Waals surface area contributed by atoms with Gasteiger partial charge in [-0.25, -0.2) is 23.4 Å². The van der Waals surface area contributed by atoms with E-state index >= 15 is 4.39 Å². The predicted octanol–water partition coefficient (Wildman–Crippen LogP) is 5.10. The predicted molar refractivity (Wildman–Crippen MR) is 121 cm³/mol. The van der Waals surface area contributed by atoms with Gasteiger partial charge in [-0.2, -0.15) is 5.10 Å². The van der Waals surface area contributed by atoms with Crippen molar-refractivity contribution in [3.05, 3.63) is 89.3 Å². The first-order valence-electron chi connectivity index (χ1n) is 10.7. The van der Waals surface area contributed by atoms with E-state index in [1.807, 2.05) is 42.0 Å². The van der Waals surface area contributed by atoms with E-state index in [1.54, 1.807) is 24.2 Å². The number of fused-ring (bicyclic) bond motifs is 1. The van der Waals surface area contributed by atoms with Gasteiger partial charge < -0.3 is 9.30 Å². The number of aromatic nitrogens is 5. The van der Waals surface area contributed by atoms with E-state index in [-0.39, 0.29) is 12.2 Å². The van der Waals surface area contributed by atoms with E-state index in [9.17, 15) is 4.39 Å². The smallest absolute Gasteiger partial charge is 0.194 e. The van der Waals surface area contributed by atoms with Crippen molar-refractivity contribution >= 4 is 12.2 Å². The number of alkyl halides is 1. The van der Waals surface area contributed by atoms with E-state index in [1.165, 1.54) is 24.3 Å². The first-order chi connectivity index (χ1) is 16.0. The van der Waals surface area contributed by atoms with Gasteiger partial charge in [-0.05, 0) is 61.2 Å². The maximum absolute atomic E-state index is 16.0. The summed E-state index contributed by atoms with van der Waals surface area (Å²) in [5, 5.41) is 4.48. The zero-order valence-electron chi connectivity index (χ0n) is 18.4. The van der Waals surface area contributed by atoms with Crippen LogP contribution in [0.1, 0.15) is 41.3 Å². The third-order valence-electron chi connectivity index (χ3n) is 5.85. The van der Waals surface area contributed by atoms with Crippen molar-refractivity contribution < 1.29 is 13.5 Å². The van der Waals surface area contributed by atoms with Gasteiger partial charge in [0, 0.05) is 12.7 Å². The molecule has 0 N–H and O–H groups in total. The standard InChI is InChI=1S/C25H23F2N5O/c1-17-15-31(16-28-17)21-10-4-18(14-22(21)33-2)5-11-23-29-24-25(27,12-3-13-32(24)30-23)19-6-8-20(26)9-7-19/h4-11,14-16H,3,12-13H2,1-2H3/t25-/m0/s1. The molecule has 2 aromatic carbocycles. The van der Waals surface area contributed by atoms with Crippen LogP contribution in [0.5, 0.6) is 5.75 Å². The summed E-state index contributed by atoms with van der Waals surface area (Å²) in [5.74, 6) is 0.978. The van der Waals surface area contributed by atoms with Crippen LogP contribution in [0.2, 0.25) is 0 Å². The zero-order valence-corrected chi connectivity index (χ0v) is 18.4. The van der Waals surface area contributed by atoms with Gasteiger partial charge >= 0.3 is 0 Å². The van der Waals surface area contributed by atoms with Crippen molar-refractivity contribution in [2.45, 2.75) is 32.0 Å². The van der Waals surface area contributed by atoms with Crippen molar-refractivity contribution in [3.63, 3.8) is 0 Å². The number of ether oxygens (including phenoxy) is 1. The van der Waals surface area contributed by atoms with Gasteiger partial charge in [0.05, 0.1) is 24.8 Å². The van der Waals surface area contributed by atoms with Gasteiger partial charge in [0.1, 0.15) is 11.6 Å². The zero-order chi connectivity index (χ0) is 23.0. The summed E-state index contributed by atoms with van der Waals surface area (Å²) in [4.78, 5) is 8.74. The Balaban J connectivity index is 1.43. The number of nitrogens with zero attached hydrogens (tertiary/aromatic N) is 5. The first-order valence-corrected chi connectivity index (χ1v) is 10.7. The van der Waals surface area contributed by atoms with Crippen molar-refractivity contribution in [1.29, 1.82) is 0 Å². The fourth-order valence-electron chi connectivity index (χ4n) is 4.19. The van der Waals surface area contributed by atoms with Crippen LogP contribution >= 0.6 is 0 Å². The van der Waals surface area contributed by atoms with Crippen LogP contribution in [0.15, 0.2) is 55.0 Å². The van der Waals surface area contributed by atoms with Crippen LogP contribution in [0.25, 0.3) is 17.8 Å². The number of imidazole rings is 1. The van der Waals surface area contributed by atoms with Gasteiger partial charge in [0.25, 0.3) is 0 Å². The highest BCUT2D eigenvalue weighted by molar-refractivity contribution is 5.69. The third kappa shape index (κ3) is 3.92. The van der Waals surface area contributed by atoms with Gasteiger partial charge in [-0.3, -0.25) is 0 Å². The molecule has 1 atom stereocenters. The lowest BCUT2D eigenvalue weighted by atomic mass is 9.88. The van der Waals surface area contributed by atoms with Crippen molar-refractivity contribution in [2.24, 2.45) is 0 Å². The van der Waals surface area contributed by atoms with E-state index in [2.05, 4.69) is 15.1 Å². The molecular formula is C25H23F2N5O. The molecule has 1 aliphatic rings. The molecule has 0 fully saturated rings. The number of hydrogen-bond donors (Lipinski definition) is 0. The number of aryl methyl sites for hydroxylation is 2. The van der Waals surface area contributed by atoms with Crippen LogP contribution in [-0.2, 0) is 12.2 Å². The molecule has 0 spiro atoms. The average molecular weight is 447 g/mol. The number of rotatable bonds is 5. The Kier molecular flexibility index (Phi) is 5.28. The number of hydrogen-bond acceptors (Lipinski definition) is 4. The van der Waals surface area contributed by atoms with Gasteiger partial charge in [0.15, 0.2) is 17.3 Å². The van der Waals surface area contributed by atoms with E-state index in [0.717, 1.165) is 16.9 Å². The molecule has 2 aromatic heterocycles. The molecule has 0 bridgehead atoms. The lowest BCUT2D eigenvalue weighted by Crippen LogP contribution is -2.31. The van der Waals surface area contributed by atoms with Crippen LogP contribution in [0, 0.1) is 12.7 Å². The minimum absolute atomic E-state index is 0.253. The monoisotopic (exact) mass is 447 g/mol. The van der Waals surface area contributed by atoms with Crippen molar-refractivity contribution in [1.82, 2.24) is 24.3 Å². The molecule has 0 saturated heterocycles. The van der Waals surface area contributed by atoms with Crippen molar-refractivity contribution in [2.75, 3.05) is 7.11 Å². The Morgan fingerprint density at radius 3 is 2.67 bits per heavy atom. The molecule has 1 aliphatic heterocycles. The molecule has 6 nitrogen and oxygen atoms in total. The summed E-state index contributed by atoms with van der Waals surface area (Å²) in [6, 6.07) is 11.3. The Morgan fingerprint density at radius 1 is 1.12 bits per heavy atom. The summed E-state index contributed by atoms with van der Waals surface area (Å²) >= 11 is 0. The minimum Gasteiger partial charge on any atom is -0.495 e. The molecule has 0 amide bonds. The maximum atomic E-state index is 16.0. The Labute approximate surface area is 190 Å². The topological polar surface area (TPSA) is 57.8 Å². The van der Waals surface area contributed by atoms with Gasteiger partial charge in [-0.1, -0.05) is 24.3 Å². The fourth-order valence-corrected chi connectivity index (χ4v) is 4.19. The van der Waals surface area contributed by atoms with Crippen LogP contribution in [0.3, 0.4) is 0 Å². The number of halogens is 2. The van der Waals surface area contributed by atoms with E-state index < -0.39 is 11.5 Å². The third-order valence-corrected chi connectivity index (χ3v) is 5.85. The number of methoxy groups -OCH3 is 1. The maximum Gasteiger partial charge on any atom is 0.194 e. The number of benzene rings is 2. The lowest BCUT2D eigenvalue weighted by Gasteiger charge is -2.29. The fraction of sp³-hybridized carbons (Fsp3) is 0.240. The summed E-state index contributed by atoms with van der Waals surface area (Å²) < 4.78 is 38.4. The molecule has 4 aromatic rings. The van der Waals surface area contributed by atoms with Gasteiger partial charge in [-0.15, -0.1) is 0 Å². The Hall–Kier alpha value is -3.81.